The largest absolute Gasteiger partial charge is 0.489 e. The molecule has 1 aliphatic rings. The van der Waals surface area contributed by atoms with E-state index in [4.69, 9.17) is 9.47 Å². The molecule has 2 rings (SSSR count). The fraction of sp³-hybridized carbons (Fsp3) is 0.632. The maximum atomic E-state index is 13.5. The first-order valence-corrected chi connectivity index (χ1v) is 9.44. The maximum absolute atomic E-state index is 13.5. The van der Waals surface area contributed by atoms with Crippen LogP contribution in [0.5, 0.6) is 5.75 Å². The Hall–Kier alpha value is -1.20. The molecule has 1 saturated heterocycles. The molecule has 0 aromatic heterocycles. The van der Waals surface area contributed by atoms with Crippen LogP contribution in [0.2, 0.25) is 0 Å². The lowest BCUT2D eigenvalue weighted by molar-refractivity contribution is -0.0165. The van der Waals surface area contributed by atoms with Gasteiger partial charge in [0.05, 0.1) is 26.3 Å². The van der Waals surface area contributed by atoms with E-state index in [1.54, 1.807) is 0 Å². The van der Waals surface area contributed by atoms with Gasteiger partial charge >= 0.3 is 0 Å². The normalized spacial score (nSPS) is 18.9. The standard InChI is InChI=1S/C19H30F2N4O2.HI/c1-4-22-19(24-12-14(2)25-8-10-26-13-15(25)3)23-7-9-27-18-6-5-16(20)11-17(18)21;/h5-6,11,14-15H,4,7-10,12-13H2,1-3H3,(H2,22,23,24);1H. The Morgan fingerprint density at radius 3 is 2.86 bits per heavy atom. The van der Waals surface area contributed by atoms with Gasteiger partial charge < -0.3 is 20.1 Å². The van der Waals surface area contributed by atoms with Gasteiger partial charge in [0.15, 0.2) is 17.5 Å². The van der Waals surface area contributed by atoms with Gasteiger partial charge in [0.1, 0.15) is 12.4 Å². The summed E-state index contributed by atoms with van der Waals surface area (Å²) in [5.74, 6) is -0.601. The molecule has 2 atom stereocenters. The Labute approximate surface area is 183 Å². The Morgan fingerprint density at radius 2 is 2.18 bits per heavy atom. The van der Waals surface area contributed by atoms with Crippen LogP contribution in [0.3, 0.4) is 0 Å². The summed E-state index contributed by atoms with van der Waals surface area (Å²) in [6, 6.07) is 3.96. The highest BCUT2D eigenvalue weighted by Crippen LogP contribution is 2.17. The van der Waals surface area contributed by atoms with Gasteiger partial charge in [-0.1, -0.05) is 0 Å². The number of aliphatic imine (C=N–C) groups is 1. The molecule has 2 N–H and O–H groups in total. The Morgan fingerprint density at radius 1 is 1.39 bits per heavy atom. The van der Waals surface area contributed by atoms with Gasteiger partial charge in [0, 0.05) is 31.2 Å². The lowest BCUT2D eigenvalue weighted by atomic mass is 10.2. The number of hydrogen-bond acceptors (Lipinski definition) is 4. The minimum Gasteiger partial charge on any atom is -0.489 e. The average Bonchev–Trinajstić information content (AvgIpc) is 2.64. The predicted octanol–water partition coefficient (Wildman–Crippen LogP) is 2.63. The molecule has 0 amide bonds. The minimum absolute atomic E-state index is 0. The molecule has 0 bridgehead atoms. The van der Waals surface area contributed by atoms with Crippen LogP contribution >= 0.6 is 24.0 Å². The fourth-order valence-corrected chi connectivity index (χ4v) is 2.99. The second-order valence-corrected chi connectivity index (χ2v) is 6.58. The van der Waals surface area contributed by atoms with Gasteiger partial charge in [-0.3, -0.25) is 9.89 Å². The number of guanidine groups is 1. The van der Waals surface area contributed by atoms with Crippen molar-refractivity contribution >= 4 is 29.9 Å². The number of halogens is 3. The first kappa shape index (κ1) is 24.8. The van der Waals surface area contributed by atoms with E-state index >= 15 is 0 Å². The highest BCUT2D eigenvalue weighted by atomic mass is 127. The van der Waals surface area contributed by atoms with Crippen LogP contribution in [0.25, 0.3) is 0 Å². The van der Waals surface area contributed by atoms with Crippen LogP contribution in [0.1, 0.15) is 20.8 Å². The van der Waals surface area contributed by atoms with Crippen LogP contribution < -0.4 is 15.4 Å². The van der Waals surface area contributed by atoms with Gasteiger partial charge in [-0.15, -0.1) is 24.0 Å². The number of morpholine rings is 1. The molecule has 0 saturated carbocycles. The molecular weight excluding hydrogens is 481 g/mol. The van der Waals surface area contributed by atoms with E-state index in [9.17, 15) is 8.78 Å². The third-order valence-corrected chi connectivity index (χ3v) is 4.39. The molecule has 2 unspecified atom stereocenters. The second-order valence-electron chi connectivity index (χ2n) is 6.58. The molecule has 0 aliphatic carbocycles. The Balaban J connectivity index is 0.00000392. The van der Waals surface area contributed by atoms with Crippen LogP contribution in [0.15, 0.2) is 23.2 Å². The topological polar surface area (TPSA) is 58.1 Å². The van der Waals surface area contributed by atoms with Crippen LogP contribution in [0.4, 0.5) is 8.78 Å². The molecule has 1 aromatic carbocycles. The number of ether oxygens (including phenoxy) is 2. The lowest BCUT2D eigenvalue weighted by Crippen LogP contribution is -2.49. The van der Waals surface area contributed by atoms with E-state index in [-0.39, 0.29) is 36.3 Å². The van der Waals surface area contributed by atoms with Crippen LogP contribution in [-0.2, 0) is 4.74 Å². The summed E-state index contributed by atoms with van der Waals surface area (Å²) in [5, 5.41) is 6.35. The van der Waals surface area contributed by atoms with Crippen LogP contribution in [-0.4, -0.2) is 68.9 Å². The number of nitrogens with one attached hydrogen (secondary N) is 2. The van der Waals surface area contributed by atoms with Crippen molar-refractivity contribution in [1.29, 1.82) is 0 Å². The van der Waals surface area contributed by atoms with Gasteiger partial charge in [0.2, 0.25) is 0 Å². The highest BCUT2D eigenvalue weighted by molar-refractivity contribution is 14.0. The summed E-state index contributed by atoms with van der Waals surface area (Å²) in [4.78, 5) is 7.03. The van der Waals surface area contributed by atoms with E-state index in [1.807, 2.05) is 6.92 Å². The van der Waals surface area contributed by atoms with Crippen LogP contribution in [0, 0.1) is 11.6 Å². The number of rotatable bonds is 8. The summed E-state index contributed by atoms with van der Waals surface area (Å²) in [7, 11) is 0. The second kappa shape index (κ2) is 13.1. The smallest absolute Gasteiger partial charge is 0.191 e. The minimum atomic E-state index is -0.705. The maximum Gasteiger partial charge on any atom is 0.191 e. The Bertz CT molecular complexity index is 622. The molecular formula is C19H31F2IN4O2. The first-order valence-electron chi connectivity index (χ1n) is 9.44. The molecule has 0 spiro atoms. The highest BCUT2D eigenvalue weighted by Gasteiger charge is 2.23. The van der Waals surface area contributed by atoms with Crippen molar-refractivity contribution < 1.29 is 18.3 Å². The predicted molar refractivity (Wildman–Crippen MR) is 118 cm³/mol. The fourth-order valence-electron chi connectivity index (χ4n) is 2.99. The molecule has 6 nitrogen and oxygen atoms in total. The van der Waals surface area contributed by atoms with Crippen molar-refractivity contribution in [1.82, 2.24) is 15.5 Å². The van der Waals surface area contributed by atoms with Crippen molar-refractivity contribution in [3.8, 4) is 5.75 Å². The van der Waals surface area contributed by atoms with Crippen molar-refractivity contribution in [2.75, 3.05) is 46.0 Å². The van der Waals surface area contributed by atoms with Crippen molar-refractivity contribution in [3.63, 3.8) is 0 Å². The van der Waals surface area contributed by atoms with Gasteiger partial charge in [-0.25, -0.2) is 8.78 Å². The molecule has 1 heterocycles. The third kappa shape index (κ3) is 8.04. The molecule has 1 aliphatic heterocycles. The first-order chi connectivity index (χ1) is 13.0. The van der Waals surface area contributed by atoms with Crippen molar-refractivity contribution in [2.45, 2.75) is 32.9 Å². The molecule has 160 valence electrons. The quantitative estimate of drug-likeness (QED) is 0.243. The van der Waals surface area contributed by atoms with Gasteiger partial charge in [0.25, 0.3) is 0 Å². The van der Waals surface area contributed by atoms with E-state index in [1.165, 1.54) is 12.1 Å². The van der Waals surface area contributed by atoms with E-state index in [0.717, 1.165) is 32.4 Å². The van der Waals surface area contributed by atoms with Crippen molar-refractivity contribution in [2.24, 2.45) is 4.99 Å². The van der Waals surface area contributed by atoms with Gasteiger partial charge in [-0.05, 0) is 32.9 Å². The molecule has 1 aromatic rings. The molecule has 1 fully saturated rings. The summed E-state index contributed by atoms with van der Waals surface area (Å²) < 4.78 is 37.3. The molecule has 9 heteroatoms. The van der Waals surface area contributed by atoms with Gasteiger partial charge in [-0.2, -0.15) is 0 Å². The number of nitrogens with zero attached hydrogens (tertiary/aromatic N) is 2. The SMILES string of the molecule is CCNC(=NCC(C)N1CCOCC1C)NCCOc1ccc(F)cc1F.I. The number of hydrogen-bond donors (Lipinski definition) is 2. The zero-order valence-electron chi connectivity index (χ0n) is 16.7. The van der Waals surface area contributed by atoms with E-state index in [0.29, 0.717) is 31.1 Å². The van der Waals surface area contributed by atoms with E-state index < -0.39 is 11.6 Å². The lowest BCUT2D eigenvalue weighted by Gasteiger charge is -2.37. The zero-order valence-corrected chi connectivity index (χ0v) is 19.0. The summed E-state index contributed by atoms with van der Waals surface area (Å²) in [5.41, 5.74) is 0. The average molecular weight is 512 g/mol. The van der Waals surface area contributed by atoms with E-state index in [2.05, 4.69) is 34.4 Å². The summed E-state index contributed by atoms with van der Waals surface area (Å²) in [6.07, 6.45) is 0. The Kier molecular flexibility index (Phi) is 11.6. The summed E-state index contributed by atoms with van der Waals surface area (Å²) >= 11 is 0. The molecule has 0 radical (unpaired) electrons. The monoisotopic (exact) mass is 512 g/mol. The third-order valence-electron chi connectivity index (χ3n) is 4.39. The molecule has 28 heavy (non-hydrogen) atoms. The van der Waals surface area contributed by atoms with Crippen molar-refractivity contribution in [3.05, 3.63) is 29.8 Å². The summed E-state index contributed by atoms with van der Waals surface area (Å²) in [6.45, 7) is 10.8. The number of benzene rings is 1. The zero-order chi connectivity index (χ0) is 19.6.